The van der Waals surface area contributed by atoms with E-state index in [4.69, 9.17) is 10.5 Å². The number of ether oxygens (including phenoxy) is 1. The third kappa shape index (κ3) is 3.13. The van der Waals surface area contributed by atoms with Crippen molar-refractivity contribution in [2.24, 2.45) is 0 Å². The van der Waals surface area contributed by atoms with Gasteiger partial charge in [-0.3, -0.25) is 14.9 Å². The second-order valence-corrected chi connectivity index (χ2v) is 5.51. The van der Waals surface area contributed by atoms with Crippen LogP contribution in [0.15, 0.2) is 18.2 Å². The Morgan fingerprint density at radius 2 is 2.24 bits per heavy atom. The SMILES string of the molecule is CO[C@]1(C)CCCN(C(=O)c2ccc(N)c([N+](=O)[O-])c2)C1. The molecule has 1 saturated heterocycles. The minimum atomic E-state index is -0.582. The number of carbonyl (C=O) groups excluding carboxylic acids is 1. The summed E-state index contributed by atoms with van der Waals surface area (Å²) in [6.07, 6.45) is 1.72. The molecule has 1 heterocycles. The number of nitrogen functional groups attached to an aromatic ring is 1. The molecule has 2 rings (SSSR count). The largest absolute Gasteiger partial charge is 0.393 e. The van der Waals surface area contributed by atoms with Gasteiger partial charge in [0.15, 0.2) is 0 Å². The second-order valence-electron chi connectivity index (χ2n) is 5.51. The van der Waals surface area contributed by atoms with Crippen LogP contribution in [-0.2, 0) is 4.74 Å². The highest BCUT2D eigenvalue weighted by Crippen LogP contribution is 2.27. The normalized spacial score (nSPS) is 22.1. The molecular weight excluding hydrogens is 274 g/mol. The summed E-state index contributed by atoms with van der Waals surface area (Å²) in [5.74, 6) is -0.235. The molecule has 0 unspecified atom stereocenters. The lowest BCUT2D eigenvalue weighted by molar-refractivity contribution is -0.383. The van der Waals surface area contributed by atoms with Gasteiger partial charge < -0.3 is 15.4 Å². The van der Waals surface area contributed by atoms with E-state index in [-0.39, 0.29) is 28.4 Å². The molecule has 0 radical (unpaired) electrons. The lowest BCUT2D eigenvalue weighted by Gasteiger charge is -2.39. The third-order valence-electron chi connectivity index (χ3n) is 3.91. The standard InChI is InChI=1S/C14H19N3O4/c1-14(21-2)6-3-7-16(9-14)13(18)10-4-5-11(15)12(8-10)17(19)20/h4-5,8H,3,6-7,9,15H2,1-2H3/t14-/m1/s1. The van der Waals surface area contributed by atoms with Crippen molar-refractivity contribution < 1.29 is 14.5 Å². The van der Waals surface area contributed by atoms with E-state index in [9.17, 15) is 14.9 Å². The van der Waals surface area contributed by atoms with E-state index in [0.717, 1.165) is 12.8 Å². The van der Waals surface area contributed by atoms with E-state index in [1.165, 1.54) is 18.2 Å². The van der Waals surface area contributed by atoms with Crippen molar-refractivity contribution in [3.8, 4) is 0 Å². The van der Waals surface area contributed by atoms with Gasteiger partial charge in [-0.25, -0.2) is 0 Å². The van der Waals surface area contributed by atoms with Crippen LogP contribution in [0, 0.1) is 10.1 Å². The molecule has 7 nitrogen and oxygen atoms in total. The van der Waals surface area contributed by atoms with Crippen LogP contribution in [0.3, 0.4) is 0 Å². The van der Waals surface area contributed by atoms with E-state index >= 15 is 0 Å². The number of benzene rings is 1. The average Bonchev–Trinajstić information content (AvgIpc) is 2.47. The molecule has 2 N–H and O–H groups in total. The third-order valence-corrected chi connectivity index (χ3v) is 3.91. The highest BCUT2D eigenvalue weighted by molar-refractivity contribution is 5.95. The number of piperidine rings is 1. The molecule has 0 spiro atoms. The first-order valence-electron chi connectivity index (χ1n) is 6.75. The molecular formula is C14H19N3O4. The number of carbonyl (C=O) groups is 1. The summed E-state index contributed by atoms with van der Waals surface area (Å²) in [4.78, 5) is 24.5. The molecule has 21 heavy (non-hydrogen) atoms. The molecule has 1 atom stereocenters. The average molecular weight is 293 g/mol. The van der Waals surface area contributed by atoms with E-state index in [1.807, 2.05) is 6.92 Å². The first-order chi connectivity index (χ1) is 9.86. The van der Waals surface area contributed by atoms with Crippen molar-refractivity contribution in [2.75, 3.05) is 25.9 Å². The minimum Gasteiger partial charge on any atom is -0.393 e. The minimum absolute atomic E-state index is 0.0527. The molecule has 0 saturated carbocycles. The number of nitro groups is 1. The zero-order chi connectivity index (χ0) is 15.6. The molecule has 1 aliphatic rings. The van der Waals surface area contributed by atoms with Crippen LogP contribution in [0.25, 0.3) is 0 Å². The molecule has 114 valence electrons. The van der Waals surface area contributed by atoms with Gasteiger partial charge in [-0.1, -0.05) is 0 Å². The summed E-state index contributed by atoms with van der Waals surface area (Å²) in [6, 6.07) is 4.14. The quantitative estimate of drug-likeness (QED) is 0.520. The lowest BCUT2D eigenvalue weighted by Crippen LogP contribution is -2.49. The van der Waals surface area contributed by atoms with Gasteiger partial charge in [0, 0.05) is 31.8 Å². The zero-order valence-corrected chi connectivity index (χ0v) is 12.2. The van der Waals surface area contributed by atoms with Gasteiger partial charge in [0.05, 0.1) is 10.5 Å². The van der Waals surface area contributed by atoms with Crippen LogP contribution < -0.4 is 5.73 Å². The molecule has 1 aromatic rings. The Morgan fingerprint density at radius 3 is 2.86 bits per heavy atom. The van der Waals surface area contributed by atoms with Crippen LogP contribution in [0.4, 0.5) is 11.4 Å². The van der Waals surface area contributed by atoms with E-state index in [2.05, 4.69) is 0 Å². The highest BCUT2D eigenvalue weighted by atomic mass is 16.6. The monoisotopic (exact) mass is 293 g/mol. The molecule has 0 aliphatic carbocycles. The van der Waals surface area contributed by atoms with Crippen LogP contribution in [0.5, 0.6) is 0 Å². The molecule has 1 aromatic carbocycles. The predicted molar refractivity (Wildman–Crippen MR) is 78.1 cm³/mol. The maximum atomic E-state index is 12.5. The fourth-order valence-electron chi connectivity index (χ4n) is 2.56. The topological polar surface area (TPSA) is 98.7 Å². The molecule has 0 aromatic heterocycles. The smallest absolute Gasteiger partial charge is 0.292 e. The number of hydrogen-bond acceptors (Lipinski definition) is 5. The Labute approximate surface area is 122 Å². The van der Waals surface area contributed by atoms with Crippen molar-refractivity contribution in [1.29, 1.82) is 0 Å². The predicted octanol–water partition coefficient (Wildman–Crippen LogP) is 1.82. The first kappa shape index (κ1) is 15.2. The number of nitro benzene ring substituents is 1. The van der Waals surface area contributed by atoms with Crippen LogP contribution in [-0.4, -0.2) is 41.5 Å². The van der Waals surface area contributed by atoms with E-state index < -0.39 is 4.92 Å². The number of anilines is 1. The Morgan fingerprint density at radius 1 is 1.52 bits per heavy atom. The summed E-state index contributed by atoms with van der Waals surface area (Å²) >= 11 is 0. The van der Waals surface area contributed by atoms with Gasteiger partial charge >= 0.3 is 0 Å². The van der Waals surface area contributed by atoms with E-state index in [1.54, 1.807) is 12.0 Å². The van der Waals surface area contributed by atoms with Crippen LogP contribution in [0.2, 0.25) is 0 Å². The molecule has 0 bridgehead atoms. The van der Waals surface area contributed by atoms with Crippen molar-refractivity contribution >= 4 is 17.3 Å². The number of nitrogens with two attached hydrogens (primary N) is 1. The van der Waals surface area contributed by atoms with Gasteiger partial charge in [0.2, 0.25) is 0 Å². The van der Waals surface area contributed by atoms with Crippen molar-refractivity contribution in [1.82, 2.24) is 4.90 Å². The summed E-state index contributed by atoms with van der Waals surface area (Å²) < 4.78 is 5.45. The Balaban J connectivity index is 2.24. The fraction of sp³-hybridized carbons (Fsp3) is 0.500. The Hall–Kier alpha value is -2.15. The van der Waals surface area contributed by atoms with Gasteiger partial charge in [0.1, 0.15) is 5.69 Å². The highest BCUT2D eigenvalue weighted by Gasteiger charge is 2.33. The van der Waals surface area contributed by atoms with Crippen LogP contribution in [0.1, 0.15) is 30.1 Å². The Bertz CT molecular complexity index is 575. The molecule has 1 aliphatic heterocycles. The molecule has 1 fully saturated rings. The summed E-state index contributed by atoms with van der Waals surface area (Å²) in [5, 5.41) is 10.9. The number of nitrogens with zero attached hydrogens (tertiary/aromatic N) is 2. The maximum Gasteiger partial charge on any atom is 0.292 e. The van der Waals surface area contributed by atoms with Gasteiger partial charge in [-0.2, -0.15) is 0 Å². The molecule has 7 heteroatoms. The number of methoxy groups -OCH3 is 1. The summed E-state index contributed by atoms with van der Waals surface area (Å²) in [7, 11) is 1.63. The lowest BCUT2D eigenvalue weighted by atomic mass is 9.94. The van der Waals surface area contributed by atoms with Crippen molar-refractivity contribution in [2.45, 2.75) is 25.4 Å². The fourth-order valence-corrected chi connectivity index (χ4v) is 2.56. The van der Waals surface area contributed by atoms with Gasteiger partial charge in [-0.15, -0.1) is 0 Å². The van der Waals surface area contributed by atoms with Crippen LogP contribution >= 0.6 is 0 Å². The van der Waals surface area contributed by atoms with E-state index in [0.29, 0.717) is 13.1 Å². The second kappa shape index (κ2) is 5.69. The van der Waals surface area contributed by atoms with Crippen molar-refractivity contribution in [3.63, 3.8) is 0 Å². The van der Waals surface area contributed by atoms with Gasteiger partial charge in [0.25, 0.3) is 11.6 Å². The summed E-state index contributed by atoms with van der Waals surface area (Å²) in [5.41, 5.74) is 5.26. The number of rotatable bonds is 3. The maximum absolute atomic E-state index is 12.5. The number of likely N-dealkylation sites (tertiary alicyclic amines) is 1. The van der Waals surface area contributed by atoms with Crippen molar-refractivity contribution in [3.05, 3.63) is 33.9 Å². The molecule has 1 amide bonds. The Kier molecular flexibility index (Phi) is 4.13. The number of hydrogen-bond donors (Lipinski definition) is 1. The van der Waals surface area contributed by atoms with Gasteiger partial charge in [-0.05, 0) is 31.9 Å². The number of amides is 1. The first-order valence-corrected chi connectivity index (χ1v) is 6.75. The zero-order valence-electron chi connectivity index (χ0n) is 12.2. The summed E-state index contributed by atoms with van der Waals surface area (Å²) in [6.45, 7) is 3.05.